The summed E-state index contributed by atoms with van der Waals surface area (Å²) in [5.41, 5.74) is 2.41. The Balaban J connectivity index is 2.14. The molecule has 0 amide bonds. The Morgan fingerprint density at radius 3 is 2.53 bits per heavy atom. The van der Waals surface area contributed by atoms with Gasteiger partial charge in [0.15, 0.2) is 0 Å². The minimum atomic E-state index is 0.347. The number of halogens is 1. The number of unbranched alkanes of at least 4 members (excludes halogenated alkanes) is 1. The van der Waals surface area contributed by atoms with Crippen LogP contribution in [0.15, 0.2) is 54.6 Å². The molecule has 0 radical (unpaired) electrons. The molecular formula is C17H20ClN. The highest BCUT2D eigenvalue weighted by molar-refractivity contribution is 6.30. The number of hydrogen-bond acceptors (Lipinski definition) is 1. The van der Waals surface area contributed by atoms with Gasteiger partial charge in [-0.15, -0.1) is 0 Å². The Morgan fingerprint density at radius 1 is 1.05 bits per heavy atom. The molecule has 19 heavy (non-hydrogen) atoms. The Kier molecular flexibility index (Phi) is 5.29. The number of nitrogens with one attached hydrogen (secondary N) is 1. The van der Waals surface area contributed by atoms with Crippen LogP contribution in [0.25, 0.3) is 0 Å². The summed E-state index contributed by atoms with van der Waals surface area (Å²) in [7, 11) is 0. The van der Waals surface area contributed by atoms with Gasteiger partial charge in [0, 0.05) is 10.7 Å². The summed E-state index contributed by atoms with van der Waals surface area (Å²) in [5.74, 6) is 0. The molecule has 0 fully saturated rings. The summed E-state index contributed by atoms with van der Waals surface area (Å²) < 4.78 is 0. The quantitative estimate of drug-likeness (QED) is 0.713. The molecule has 2 aromatic rings. The maximum absolute atomic E-state index is 6.04. The van der Waals surface area contributed by atoms with Crippen LogP contribution in [-0.2, 0) is 0 Å². The lowest BCUT2D eigenvalue weighted by Crippen LogP contribution is -2.10. The van der Waals surface area contributed by atoms with E-state index in [-0.39, 0.29) is 0 Å². The molecule has 0 heterocycles. The topological polar surface area (TPSA) is 12.0 Å². The Morgan fingerprint density at radius 2 is 1.84 bits per heavy atom. The molecule has 0 aliphatic heterocycles. The van der Waals surface area contributed by atoms with Gasteiger partial charge < -0.3 is 5.32 Å². The van der Waals surface area contributed by atoms with Gasteiger partial charge >= 0.3 is 0 Å². The molecular weight excluding hydrogens is 254 g/mol. The minimum absolute atomic E-state index is 0.347. The van der Waals surface area contributed by atoms with Gasteiger partial charge in [0.1, 0.15) is 0 Å². The molecule has 0 saturated carbocycles. The SMILES string of the molecule is CCCCC(Nc1cccc(Cl)c1)c1ccccc1. The predicted molar refractivity (Wildman–Crippen MR) is 83.8 cm³/mol. The predicted octanol–water partition coefficient (Wildman–Crippen LogP) is 5.68. The van der Waals surface area contributed by atoms with Crippen molar-refractivity contribution in [3.63, 3.8) is 0 Å². The second-order valence-corrected chi connectivity index (χ2v) is 5.20. The highest BCUT2D eigenvalue weighted by Gasteiger charge is 2.10. The second kappa shape index (κ2) is 7.20. The first-order valence-corrected chi connectivity index (χ1v) is 7.24. The van der Waals surface area contributed by atoms with Crippen LogP contribution in [-0.4, -0.2) is 0 Å². The molecule has 1 unspecified atom stereocenters. The van der Waals surface area contributed by atoms with Gasteiger partial charge in [-0.1, -0.05) is 67.8 Å². The molecule has 0 aliphatic carbocycles. The van der Waals surface area contributed by atoms with Crippen molar-refractivity contribution in [1.82, 2.24) is 0 Å². The van der Waals surface area contributed by atoms with Gasteiger partial charge in [-0.3, -0.25) is 0 Å². The molecule has 0 spiro atoms. The van der Waals surface area contributed by atoms with Gasteiger partial charge in [0.2, 0.25) is 0 Å². The van der Waals surface area contributed by atoms with Crippen molar-refractivity contribution in [2.24, 2.45) is 0 Å². The summed E-state index contributed by atoms with van der Waals surface area (Å²) in [4.78, 5) is 0. The van der Waals surface area contributed by atoms with E-state index >= 15 is 0 Å². The van der Waals surface area contributed by atoms with Crippen molar-refractivity contribution in [3.05, 3.63) is 65.2 Å². The lowest BCUT2D eigenvalue weighted by atomic mass is 10.0. The van der Waals surface area contributed by atoms with E-state index in [1.165, 1.54) is 18.4 Å². The molecule has 0 bridgehead atoms. The smallest absolute Gasteiger partial charge is 0.0513 e. The van der Waals surface area contributed by atoms with E-state index in [4.69, 9.17) is 11.6 Å². The van der Waals surface area contributed by atoms with Crippen molar-refractivity contribution >= 4 is 17.3 Å². The lowest BCUT2D eigenvalue weighted by molar-refractivity contribution is 0.634. The number of anilines is 1. The lowest BCUT2D eigenvalue weighted by Gasteiger charge is -2.20. The molecule has 100 valence electrons. The molecule has 2 rings (SSSR count). The summed E-state index contributed by atoms with van der Waals surface area (Å²) in [5, 5.41) is 4.36. The van der Waals surface area contributed by atoms with Crippen LogP contribution in [0.4, 0.5) is 5.69 Å². The second-order valence-electron chi connectivity index (χ2n) is 4.76. The standard InChI is InChI=1S/C17H20ClN/c1-2-3-12-17(14-8-5-4-6-9-14)19-16-11-7-10-15(18)13-16/h4-11,13,17,19H,2-3,12H2,1H3. The highest BCUT2D eigenvalue weighted by Crippen LogP contribution is 2.25. The zero-order chi connectivity index (χ0) is 13.5. The summed E-state index contributed by atoms with van der Waals surface area (Å²) in [6.07, 6.45) is 3.56. The van der Waals surface area contributed by atoms with Crippen molar-refractivity contribution in [3.8, 4) is 0 Å². The summed E-state index contributed by atoms with van der Waals surface area (Å²) in [6, 6.07) is 18.9. The first-order chi connectivity index (χ1) is 9.29. The van der Waals surface area contributed by atoms with Crippen LogP contribution in [0.2, 0.25) is 5.02 Å². The van der Waals surface area contributed by atoms with Gasteiger partial charge in [-0.05, 0) is 30.2 Å². The Bertz CT molecular complexity index is 496. The average molecular weight is 274 g/mol. The number of rotatable bonds is 6. The zero-order valence-electron chi connectivity index (χ0n) is 11.3. The molecule has 1 nitrogen and oxygen atoms in total. The van der Waals surface area contributed by atoms with Crippen molar-refractivity contribution in [1.29, 1.82) is 0 Å². The fourth-order valence-corrected chi connectivity index (χ4v) is 2.39. The number of hydrogen-bond donors (Lipinski definition) is 1. The van der Waals surface area contributed by atoms with Crippen LogP contribution in [0, 0.1) is 0 Å². The normalized spacial score (nSPS) is 12.1. The van der Waals surface area contributed by atoms with E-state index in [1.807, 2.05) is 18.2 Å². The van der Waals surface area contributed by atoms with Gasteiger partial charge in [0.05, 0.1) is 6.04 Å². The van der Waals surface area contributed by atoms with E-state index in [0.29, 0.717) is 6.04 Å². The third kappa shape index (κ3) is 4.29. The zero-order valence-corrected chi connectivity index (χ0v) is 12.0. The molecule has 2 heteroatoms. The molecule has 1 N–H and O–H groups in total. The first-order valence-electron chi connectivity index (χ1n) is 6.86. The van der Waals surface area contributed by atoms with Gasteiger partial charge in [-0.2, -0.15) is 0 Å². The largest absolute Gasteiger partial charge is 0.378 e. The van der Waals surface area contributed by atoms with Crippen molar-refractivity contribution in [2.45, 2.75) is 32.2 Å². The maximum Gasteiger partial charge on any atom is 0.0513 e. The van der Waals surface area contributed by atoms with Crippen LogP contribution in [0.5, 0.6) is 0 Å². The van der Waals surface area contributed by atoms with E-state index in [2.05, 4.69) is 48.6 Å². The molecule has 0 aromatic heterocycles. The molecule has 1 atom stereocenters. The maximum atomic E-state index is 6.04. The van der Waals surface area contributed by atoms with Crippen LogP contribution in [0.3, 0.4) is 0 Å². The molecule has 0 saturated heterocycles. The van der Waals surface area contributed by atoms with Gasteiger partial charge in [-0.25, -0.2) is 0 Å². The van der Waals surface area contributed by atoms with E-state index in [9.17, 15) is 0 Å². The first kappa shape index (κ1) is 14.0. The molecule has 0 aliphatic rings. The monoisotopic (exact) mass is 273 g/mol. The van der Waals surface area contributed by atoms with Gasteiger partial charge in [0.25, 0.3) is 0 Å². The Labute approximate surface area is 120 Å². The van der Waals surface area contributed by atoms with Crippen molar-refractivity contribution in [2.75, 3.05) is 5.32 Å². The molecule has 2 aromatic carbocycles. The van der Waals surface area contributed by atoms with Crippen LogP contribution >= 0.6 is 11.6 Å². The van der Waals surface area contributed by atoms with E-state index in [0.717, 1.165) is 17.1 Å². The van der Waals surface area contributed by atoms with Crippen molar-refractivity contribution < 1.29 is 0 Å². The third-order valence-electron chi connectivity index (χ3n) is 3.21. The Hall–Kier alpha value is -1.47. The fraction of sp³-hybridized carbons (Fsp3) is 0.294. The summed E-state index contributed by atoms with van der Waals surface area (Å²) >= 11 is 6.04. The highest BCUT2D eigenvalue weighted by atomic mass is 35.5. The minimum Gasteiger partial charge on any atom is -0.378 e. The van der Waals surface area contributed by atoms with E-state index in [1.54, 1.807) is 0 Å². The third-order valence-corrected chi connectivity index (χ3v) is 3.45. The average Bonchev–Trinajstić information content (AvgIpc) is 2.44. The number of benzene rings is 2. The summed E-state index contributed by atoms with van der Waals surface area (Å²) in [6.45, 7) is 2.22. The fourth-order valence-electron chi connectivity index (χ4n) is 2.20. The van der Waals surface area contributed by atoms with E-state index < -0.39 is 0 Å². The van der Waals surface area contributed by atoms with Crippen LogP contribution in [0.1, 0.15) is 37.8 Å². The van der Waals surface area contributed by atoms with Crippen LogP contribution < -0.4 is 5.32 Å².